The predicted octanol–water partition coefficient (Wildman–Crippen LogP) is 8.14. The van der Waals surface area contributed by atoms with Crippen LogP contribution in [0, 0.1) is 13.8 Å². The number of phenols is 4. The first-order chi connectivity index (χ1) is 25.5. The average molecular weight is 806 g/mol. The van der Waals surface area contributed by atoms with Crippen molar-refractivity contribution in [1.82, 2.24) is 0 Å². The molecule has 2 aliphatic heterocycles. The molecule has 0 unspecified atom stereocenters. The molecule has 0 saturated heterocycles. The molecular formula is C40H30Cl2O10S2. The number of rotatable bonds is 4. The Morgan fingerprint density at radius 2 is 0.778 bits per heavy atom. The molecule has 0 fully saturated rings. The summed E-state index contributed by atoms with van der Waals surface area (Å²) in [5.41, 5.74) is 1.07. The minimum absolute atomic E-state index is 0.0263. The van der Waals surface area contributed by atoms with Crippen molar-refractivity contribution in [3.05, 3.63) is 176 Å². The third-order valence-corrected chi connectivity index (χ3v) is 12.8. The topological polar surface area (TPSA) is 168 Å². The number of fused-ring (bicyclic) bond motifs is 2. The molecule has 6 aromatic carbocycles. The molecule has 0 amide bonds. The highest BCUT2D eigenvalue weighted by Crippen LogP contribution is 2.53. The molecule has 0 spiro atoms. The Bertz CT molecular complexity index is 2420. The van der Waals surface area contributed by atoms with Gasteiger partial charge >= 0.3 is 0 Å². The van der Waals surface area contributed by atoms with Crippen LogP contribution < -0.4 is 0 Å². The van der Waals surface area contributed by atoms with Crippen LogP contribution >= 0.6 is 23.2 Å². The van der Waals surface area contributed by atoms with Gasteiger partial charge in [0, 0.05) is 11.1 Å². The van der Waals surface area contributed by atoms with Crippen molar-refractivity contribution in [1.29, 1.82) is 0 Å². The van der Waals surface area contributed by atoms with Crippen LogP contribution in [0.1, 0.15) is 44.5 Å². The van der Waals surface area contributed by atoms with Gasteiger partial charge in [-0.3, -0.25) is 0 Å². The van der Waals surface area contributed by atoms with Crippen molar-refractivity contribution in [3.8, 4) is 23.0 Å². The lowest BCUT2D eigenvalue weighted by molar-refractivity contribution is 0.179. The van der Waals surface area contributed by atoms with E-state index in [-0.39, 0.29) is 42.8 Å². The molecule has 276 valence electrons. The Kier molecular flexibility index (Phi) is 9.20. The van der Waals surface area contributed by atoms with Gasteiger partial charge in [0.1, 0.15) is 32.8 Å². The third-order valence-electron chi connectivity index (χ3n) is 9.46. The van der Waals surface area contributed by atoms with E-state index in [4.69, 9.17) is 31.6 Å². The molecular weight excluding hydrogens is 775 g/mol. The highest BCUT2D eigenvalue weighted by atomic mass is 35.5. The molecule has 6 aromatic rings. The fraction of sp³-hybridized carbons (Fsp3) is 0.100. The second-order valence-corrected chi connectivity index (χ2v) is 16.6. The standard InChI is InChI=1S/C21H18O5S.C19H12Cl2O5S/c1-13-11-15(7-9-18(13)22)21(16-8-10-19(23)14(2)12-16)17-5-3-4-6-20(17)27(24,25)26-21;20-14-9-11(5-7-16(14)22)19(12-6-8-17(23)15(21)10-12)13-3-1-2-4-18(13)27(24,25)26-19/h3-12,22-23H,1-2H3;1-10,22-23H. The van der Waals surface area contributed by atoms with Crippen LogP contribution in [-0.2, 0) is 39.8 Å². The molecule has 10 nitrogen and oxygen atoms in total. The smallest absolute Gasteiger partial charge is 0.298 e. The van der Waals surface area contributed by atoms with Crippen molar-refractivity contribution in [2.45, 2.75) is 34.8 Å². The predicted molar refractivity (Wildman–Crippen MR) is 201 cm³/mol. The summed E-state index contributed by atoms with van der Waals surface area (Å²) in [4.78, 5) is 0.139. The number of aromatic hydroxyl groups is 4. The second kappa shape index (κ2) is 13.3. The molecule has 0 bridgehead atoms. The molecule has 2 aliphatic rings. The van der Waals surface area contributed by atoms with Crippen LogP contribution in [0.15, 0.2) is 131 Å². The number of phenolic OH excluding ortho intramolecular Hbond substituents is 4. The summed E-state index contributed by atoms with van der Waals surface area (Å²) >= 11 is 12.2. The lowest BCUT2D eigenvalue weighted by Crippen LogP contribution is -2.29. The average Bonchev–Trinajstić information content (AvgIpc) is 3.54. The third kappa shape index (κ3) is 5.95. The van der Waals surface area contributed by atoms with Gasteiger partial charge in [-0.05, 0) is 108 Å². The van der Waals surface area contributed by atoms with Crippen LogP contribution in [0.2, 0.25) is 10.0 Å². The zero-order valence-corrected chi connectivity index (χ0v) is 31.5. The van der Waals surface area contributed by atoms with E-state index in [2.05, 4.69) is 0 Å². The molecule has 0 aliphatic carbocycles. The Balaban J connectivity index is 0.000000167. The van der Waals surface area contributed by atoms with Crippen LogP contribution in [0.25, 0.3) is 0 Å². The molecule has 4 N–H and O–H groups in total. The summed E-state index contributed by atoms with van der Waals surface area (Å²) in [5.74, 6) is -0.0586. The first-order valence-electron chi connectivity index (χ1n) is 16.2. The van der Waals surface area contributed by atoms with E-state index >= 15 is 0 Å². The van der Waals surface area contributed by atoms with Crippen molar-refractivity contribution in [3.63, 3.8) is 0 Å². The normalized spacial score (nSPS) is 16.8. The summed E-state index contributed by atoms with van der Waals surface area (Å²) in [6, 6.07) is 31.5. The zero-order chi connectivity index (χ0) is 38.8. The minimum atomic E-state index is -4.07. The van der Waals surface area contributed by atoms with E-state index < -0.39 is 31.4 Å². The first kappa shape index (κ1) is 37.2. The molecule has 0 radical (unpaired) electrons. The van der Waals surface area contributed by atoms with E-state index in [1.165, 1.54) is 60.7 Å². The van der Waals surface area contributed by atoms with E-state index in [9.17, 15) is 37.3 Å². The Morgan fingerprint density at radius 1 is 0.463 bits per heavy atom. The lowest BCUT2D eigenvalue weighted by Gasteiger charge is -2.30. The van der Waals surface area contributed by atoms with Gasteiger partial charge in [0.25, 0.3) is 20.2 Å². The maximum atomic E-state index is 12.8. The van der Waals surface area contributed by atoms with Crippen molar-refractivity contribution < 1.29 is 45.6 Å². The summed E-state index contributed by atoms with van der Waals surface area (Å²) in [7, 11) is -8.05. The van der Waals surface area contributed by atoms with Gasteiger partial charge in [0.2, 0.25) is 0 Å². The monoisotopic (exact) mass is 804 g/mol. The Labute approximate surface area is 321 Å². The van der Waals surface area contributed by atoms with Gasteiger partial charge < -0.3 is 20.4 Å². The molecule has 54 heavy (non-hydrogen) atoms. The highest BCUT2D eigenvalue weighted by molar-refractivity contribution is 7.87. The quantitative estimate of drug-likeness (QED) is 0.128. The van der Waals surface area contributed by atoms with Gasteiger partial charge in [-0.1, -0.05) is 83.9 Å². The van der Waals surface area contributed by atoms with E-state index in [0.717, 1.165) is 0 Å². The fourth-order valence-electron chi connectivity index (χ4n) is 6.81. The van der Waals surface area contributed by atoms with E-state index in [0.29, 0.717) is 44.5 Å². The maximum absolute atomic E-state index is 12.8. The number of hydrogen-bond acceptors (Lipinski definition) is 10. The summed E-state index contributed by atoms with van der Waals surface area (Å²) in [5, 5.41) is 39.5. The summed E-state index contributed by atoms with van der Waals surface area (Å²) < 4.78 is 62.5. The number of aryl methyl sites for hydroxylation is 2. The minimum Gasteiger partial charge on any atom is -0.508 e. The van der Waals surface area contributed by atoms with Crippen LogP contribution in [-0.4, -0.2) is 37.3 Å². The highest BCUT2D eigenvalue weighted by Gasteiger charge is 2.52. The summed E-state index contributed by atoms with van der Waals surface area (Å²) in [6.45, 7) is 3.48. The van der Waals surface area contributed by atoms with Gasteiger partial charge in [0.05, 0.1) is 10.0 Å². The van der Waals surface area contributed by atoms with Gasteiger partial charge in [-0.25, -0.2) is 8.37 Å². The summed E-state index contributed by atoms with van der Waals surface area (Å²) in [6.07, 6.45) is 0. The van der Waals surface area contributed by atoms with E-state index in [1.54, 1.807) is 74.5 Å². The van der Waals surface area contributed by atoms with Crippen molar-refractivity contribution in [2.75, 3.05) is 0 Å². The SMILES string of the molecule is Cc1cc(C2(c3ccc(O)c(C)c3)OS(=O)(=O)c3ccccc32)ccc1O.O=S1(=O)OC(c2ccc(O)c(Cl)c2)(c2ccc(O)c(Cl)c2)c2ccccc21. The van der Waals surface area contributed by atoms with Crippen LogP contribution in [0.5, 0.6) is 23.0 Å². The number of benzene rings is 6. The zero-order valence-electron chi connectivity index (χ0n) is 28.4. The molecule has 2 heterocycles. The Morgan fingerprint density at radius 3 is 1.11 bits per heavy atom. The second-order valence-electron chi connectivity index (χ2n) is 12.8. The molecule has 8 rings (SSSR count). The van der Waals surface area contributed by atoms with Gasteiger partial charge in [-0.2, -0.15) is 16.8 Å². The fourth-order valence-corrected chi connectivity index (χ4v) is 10.0. The number of halogens is 2. The van der Waals surface area contributed by atoms with E-state index in [1.807, 2.05) is 0 Å². The van der Waals surface area contributed by atoms with Crippen LogP contribution in [0.4, 0.5) is 0 Å². The van der Waals surface area contributed by atoms with Gasteiger partial charge in [0.15, 0.2) is 11.2 Å². The molecule has 0 aromatic heterocycles. The number of hydrogen-bond donors (Lipinski definition) is 4. The lowest BCUT2D eigenvalue weighted by atomic mass is 9.79. The molecule has 0 atom stereocenters. The largest absolute Gasteiger partial charge is 0.508 e. The molecule has 0 saturated carbocycles. The van der Waals surface area contributed by atoms with Gasteiger partial charge in [-0.15, -0.1) is 0 Å². The maximum Gasteiger partial charge on any atom is 0.298 e. The van der Waals surface area contributed by atoms with Crippen molar-refractivity contribution in [2.24, 2.45) is 0 Å². The molecule has 14 heteroatoms. The first-order valence-corrected chi connectivity index (χ1v) is 19.8. The van der Waals surface area contributed by atoms with Crippen molar-refractivity contribution >= 4 is 43.4 Å². The van der Waals surface area contributed by atoms with Crippen LogP contribution in [0.3, 0.4) is 0 Å². The Hall–Kier alpha value is -5.08.